The fourth-order valence-corrected chi connectivity index (χ4v) is 2.29. The Labute approximate surface area is 115 Å². The zero-order chi connectivity index (χ0) is 14.2. The highest BCUT2D eigenvalue weighted by Crippen LogP contribution is 2.45. The molecule has 2 aromatic rings. The van der Waals surface area contributed by atoms with Gasteiger partial charge in [-0.25, -0.2) is 8.78 Å². The summed E-state index contributed by atoms with van der Waals surface area (Å²) in [6.07, 6.45) is 1.71. The second-order valence-corrected chi connectivity index (χ2v) is 5.03. The fourth-order valence-electron chi connectivity index (χ4n) is 2.29. The van der Waals surface area contributed by atoms with Gasteiger partial charge in [-0.05, 0) is 36.6 Å². The van der Waals surface area contributed by atoms with Crippen molar-refractivity contribution in [1.29, 1.82) is 0 Å². The zero-order valence-electron chi connectivity index (χ0n) is 10.7. The first-order valence-corrected chi connectivity index (χ1v) is 6.44. The minimum absolute atomic E-state index is 0.131. The van der Waals surface area contributed by atoms with E-state index in [0.29, 0.717) is 0 Å². The Morgan fingerprint density at radius 2 is 1.70 bits per heavy atom. The van der Waals surface area contributed by atoms with Gasteiger partial charge in [0.25, 0.3) is 5.91 Å². The van der Waals surface area contributed by atoms with E-state index in [4.69, 9.17) is 0 Å². The van der Waals surface area contributed by atoms with Crippen LogP contribution in [0.5, 0.6) is 0 Å². The summed E-state index contributed by atoms with van der Waals surface area (Å²) < 4.78 is 26.0. The van der Waals surface area contributed by atoms with Gasteiger partial charge in [-0.15, -0.1) is 0 Å². The molecule has 1 aliphatic carbocycles. The summed E-state index contributed by atoms with van der Waals surface area (Å²) in [5.74, 6) is -2.35. The molecule has 0 atom stereocenters. The quantitative estimate of drug-likeness (QED) is 0.912. The lowest BCUT2D eigenvalue weighted by atomic mass is 10.0. The largest absolute Gasteiger partial charge is 0.343 e. The third-order valence-electron chi connectivity index (χ3n) is 3.61. The number of carbonyl (C=O) groups excluding carboxylic acids is 1. The summed E-state index contributed by atoms with van der Waals surface area (Å²) in [6.45, 7) is 0. The molecule has 0 spiro atoms. The molecule has 102 valence electrons. The molecule has 1 amide bonds. The van der Waals surface area contributed by atoms with Crippen LogP contribution in [-0.2, 0) is 5.54 Å². The molecule has 1 N–H and O–H groups in total. The van der Waals surface area contributed by atoms with Crippen molar-refractivity contribution in [3.8, 4) is 0 Å². The normalized spacial score (nSPS) is 15.7. The Hall–Kier alpha value is -2.23. The lowest BCUT2D eigenvalue weighted by Crippen LogP contribution is -2.34. The molecule has 0 unspecified atom stereocenters. The van der Waals surface area contributed by atoms with Crippen LogP contribution < -0.4 is 5.32 Å². The van der Waals surface area contributed by atoms with Crippen molar-refractivity contribution < 1.29 is 13.6 Å². The van der Waals surface area contributed by atoms with E-state index in [1.807, 2.05) is 30.3 Å². The summed E-state index contributed by atoms with van der Waals surface area (Å²) in [5, 5.41) is 2.92. The molecule has 0 radical (unpaired) electrons. The molecule has 1 saturated carbocycles. The Balaban J connectivity index is 1.81. The minimum atomic E-state index is -1.01. The van der Waals surface area contributed by atoms with E-state index >= 15 is 0 Å². The number of halogens is 2. The van der Waals surface area contributed by atoms with Crippen LogP contribution >= 0.6 is 0 Å². The van der Waals surface area contributed by atoms with Crippen LogP contribution in [0.15, 0.2) is 48.5 Å². The lowest BCUT2D eigenvalue weighted by molar-refractivity contribution is 0.0930. The van der Waals surface area contributed by atoms with Crippen molar-refractivity contribution in [2.24, 2.45) is 0 Å². The van der Waals surface area contributed by atoms with Crippen molar-refractivity contribution >= 4 is 5.91 Å². The van der Waals surface area contributed by atoms with Gasteiger partial charge in [-0.2, -0.15) is 0 Å². The first-order valence-electron chi connectivity index (χ1n) is 6.44. The minimum Gasteiger partial charge on any atom is -0.343 e. The molecule has 20 heavy (non-hydrogen) atoms. The Bertz CT molecular complexity index is 651. The fraction of sp³-hybridized carbons (Fsp3) is 0.188. The van der Waals surface area contributed by atoms with Crippen LogP contribution in [0.4, 0.5) is 8.78 Å². The number of hydrogen-bond acceptors (Lipinski definition) is 1. The van der Waals surface area contributed by atoms with E-state index in [0.717, 1.165) is 30.5 Å². The van der Waals surface area contributed by atoms with Crippen molar-refractivity contribution in [2.75, 3.05) is 0 Å². The first-order chi connectivity index (χ1) is 9.61. The summed E-state index contributed by atoms with van der Waals surface area (Å²) >= 11 is 0. The van der Waals surface area contributed by atoms with Gasteiger partial charge in [0.1, 0.15) is 0 Å². The molecule has 1 fully saturated rings. The molecule has 2 aromatic carbocycles. The van der Waals surface area contributed by atoms with E-state index in [9.17, 15) is 13.6 Å². The third kappa shape index (κ3) is 2.29. The van der Waals surface area contributed by atoms with Crippen molar-refractivity contribution in [2.45, 2.75) is 18.4 Å². The maximum Gasteiger partial charge on any atom is 0.252 e. The van der Waals surface area contributed by atoms with Crippen molar-refractivity contribution in [3.05, 3.63) is 71.3 Å². The van der Waals surface area contributed by atoms with E-state index in [1.54, 1.807) is 0 Å². The number of amides is 1. The molecular formula is C16H13F2NO. The van der Waals surface area contributed by atoms with Gasteiger partial charge in [-0.3, -0.25) is 4.79 Å². The van der Waals surface area contributed by atoms with E-state index in [1.165, 1.54) is 6.07 Å². The summed E-state index contributed by atoms with van der Waals surface area (Å²) in [5.41, 5.74) is 0.811. The van der Waals surface area contributed by atoms with Gasteiger partial charge in [0.15, 0.2) is 11.6 Å². The Morgan fingerprint density at radius 3 is 2.30 bits per heavy atom. The Kier molecular flexibility index (Phi) is 3.01. The second kappa shape index (κ2) is 4.71. The molecule has 0 bridgehead atoms. The van der Waals surface area contributed by atoms with Crippen LogP contribution in [-0.4, -0.2) is 5.91 Å². The molecule has 2 nitrogen and oxygen atoms in total. The Morgan fingerprint density at radius 1 is 1.00 bits per heavy atom. The first kappa shape index (κ1) is 12.8. The summed E-state index contributed by atoms with van der Waals surface area (Å²) in [7, 11) is 0. The van der Waals surface area contributed by atoms with Crippen molar-refractivity contribution in [3.63, 3.8) is 0 Å². The number of carbonyl (C=O) groups is 1. The van der Waals surface area contributed by atoms with Gasteiger partial charge >= 0.3 is 0 Å². The van der Waals surface area contributed by atoms with E-state index in [-0.39, 0.29) is 17.0 Å². The molecular weight excluding hydrogens is 260 g/mol. The molecule has 0 aliphatic heterocycles. The maximum absolute atomic E-state index is 13.2. The molecule has 3 rings (SSSR count). The monoisotopic (exact) mass is 273 g/mol. The zero-order valence-corrected chi connectivity index (χ0v) is 10.7. The number of nitrogens with one attached hydrogen (secondary N) is 1. The second-order valence-electron chi connectivity index (χ2n) is 5.03. The predicted molar refractivity (Wildman–Crippen MR) is 71.2 cm³/mol. The molecule has 1 aliphatic rings. The van der Waals surface area contributed by atoms with Crippen LogP contribution in [0.3, 0.4) is 0 Å². The average Bonchev–Trinajstić information content (AvgIpc) is 3.23. The number of rotatable bonds is 3. The highest BCUT2D eigenvalue weighted by Gasteiger charge is 2.45. The summed E-state index contributed by atoms with van der Waals surface area (Å²) in [6, 6.07) is 12.8. The average molecular weight is 273 g/mol. The standard InChI is InChI=1S/C16H13F2NO/c17-13-7-6-11(10-14(13)18)15(20)19-16(8-9-16)12-4-2-1-3-5-12/h1-7,10H,8-9H2,(H,19,20). The number of hydrogen-bond donors (Lipinski definition) is 1. The van der Waals surface area contributed by atoms with Crippen LogP contribution in [0, 0.1) is 11.6 Å². The predicted octanol–water partition coefficient (Wildman–Crippen LogP) is 3.38. The van der Waals surface area contributed by atoms with Gasteiger partial charge in [0.2, 0.25) is 0 Å². The SMILES string of the molecule is O=C(NC1(c2ccccc2)CC1)c1ccc(F)c(F)c1. The highest BCUT2D eigenvalue weighted by molar-refractivity contribution is 5.95. The highest BCUT2D eigenvalue weighted by atomic mass is 19.2. The van der Waals surface area contributed by atoms with E-state index in [2.05, 4.69) is 5.32 Å². The third-order valence-corrected chi connectivity index (χ3v) is 3.61. The van der Waals surface area contributed by atoms with E-state index < -0.39 is 11.6 Å². The number of benzene rings is 2. The summed E-state index contributed by atoms with van der Waals surface area (Å²) in [4.78, 5) is 12.1. The van der Waals surface area contributed by atoms with Gasteiger partial charge in [0, 0.05) is 5.56 Å². The maximum atomic E-state index is 13.2. The van der Waals surface area contributed by atoms with Crippen LogP contribution in [0.25, 0.3) is 0 Å². The molecule has 0 aromatic heterocycles. The van der Waals surface area contributed by atoms with Gasteiger partial charge in [0.05, 0.1) is 5.54 Å². The topological polar surface area (TPSA) is 29.1 Å². The van der Waals surface area contributed by atoms with Crippen LogP contribution in [0.2, 0.25) is 0 Å². The molecule has 0 saturated heterocycles. The van der Waals surface area contributed by atoms with Gasteiger partial charge < -0.3 is 5.32 Å². The smallest absolute Gasteiger partial charge is 0.252 e. The lowest BCUT2D eigenvalue weighted by Gasteiger charge is -2.18. The van der Waals surface area contributed by atoms with Crippen molar-refractivity contribution in [1.82, 2.24) is 5.32 Å². The van der Waals surface area contributed by atoms with Gasteiger partial charge in [-0.1, -0.05) is 30.3 Å². The molecule has 4 heteroatoms. The van der Waals surface area contributed by atoms with Crippen LogP contribution in [0.1, 0.15) is 28.8 Å². The molecule has 0 heterocycles.